The van der Waals surface area contributed by atoms with Crippen LogP contribution in [0.15, 0.2) is 18.3 Å². The van der Waals surface area contributed by atoms with Crippen molar-refractivity contribution in [3.05, 3.63) is 36.8 Å². The third-order valence-electron chi connectivity index (χ3n) is 2.01. The zero-order valence-corrected chi connectivity index (χ0v) is 12.2. The maximum absolute atomic E-state index is 6.36. The molecule has 0 aliphatic rings. The number of aryl methyl sites for hydroxylation is 1. The van der Waals surface area contributed by atoms with E-state index in [0.717, 1.165) is 18.5 Å². The highest BCUT2D eigenvalue weighted by Gasteiger charge is 2.18. The lowest BCUT2D eigenvalue weighted by atomic mass is 10.2. The zero-order valence-electron chi connectivity index (χ0n) is 7.75. The van der Waals surface area contributed by atoms with Gasteiger partial charge in [0.05, 0.1) is 15.9 Å². The quantitative estimate of drug-likeness (QED) is 0.574. The van der Waals surface area contributed by atoms with E-state index >= 15 is 0 Å². The Morgan fingerprint density at radius 1 is 1.53 bits per heavy atom. The summed E-state index contributed by atoms with van der Waals surface area (Å²) in [5, 5.41) is 4.00. The number of thiophene rings is 1. The van der Waals surface area contributed by atoms with E-state index in [0.29, 0.717) is 0 Å². The Hall–Kier alpha value is 0.220. The van der Waals surface area contributed by atoms with Gasteiger partial charge in [-0.1, -0.05) is 11.6 Å². The van der Waals surface area contributed by atoms with Gasteiger partial charge in [-0.3, -0.25) is 4.68 Å². The lowest BCUT2D eigenvalue weighted by Gasteiger charge is -2.05. The van der Waals surface area contributed by atoms with Crippen LogP contribution < -0.4 is 0 Å². The normalized spacial score (nSPS) is 13.1. The molecule has 2 aromatic rings. The molecule has 0 amide bonds. The first-order valence-corrected chi connectivity index (χ1v) is 6.87. The molecular formula is C9H7Cl2IN2S. The first-order chi connectivity index (χ1) is 7.09. The van der Waals surface area contributed by atoms with Gasteiger partial charge in [-0.25, -0.2) is 0 Å². The van der Waals surface area contributed by atoms with Crippen molar-refractivity contribution in [2.24, 2.45) is 7.05 Å². The summed E-state index contributed by atoms with van der Waals surface area (Å²) in [6.45, 7) is 0. The topological polar surface area (TPSA) is 17.8 Å². The standard InChI is InChI=1S/C9H7Cl2IN2S/c1-14-9(12)5(4-13-14)8(11)6-2-3-7(10)15-6/h2-4,8H,1H3. The molecule has 2 aromatic heterocycles. The van der Waals surface area contributed by atoms with Crippen LogP contribution in [0.25, 0.3) is 0 Å². The number of hydrogen-bond donors (Lipinski definition) is 0. The number of halogens is 3. The number of aromatic nitrogens is 2. The second kappa shape index (κ2) is 4.61. The van der Waals surface area contributed by atoms with Crippen LogP contribution in [-0.2, 0) is 7.05 Å². The maximum atomic E-state index is 6.36. The molecule has 0 spiro atoms. The Kier molecular flexibility index (Phi) is 3.59. The number of rotatable bonds is 2. The van der Waals surface area contributed by atoms with Gasteiger partial charge in [-0.05, 0) is 34.7 Å². The van der Waals surface area contributed by atoms with Crippen molar-refractivity contribution < 1.29 is 0 Å². The van der Waals surface area contributed by atoms with Crippen LogP contribution in [0.4, 0.5) is 0 Å². The summed E-state index contributed by atoms with van der Waals surface area (Å²) in [4.78, 5) is 1.05. The third kappa shape index (κ3) is 2.33. The highest BCUT2D eigenvalue weighted by atomic mass is 127. The third-order valence-corrected chi connectivity index (χ3v) is 5.23. The van der Waals surface area contributed by atoms with E-state index in [1.54, 1.807) is 10.9 Å². The number of hydrogen-bond acceptors (Lipinski definition) is 2. The summed E-state index contributed by atoms with van der Waals surface area (Å²) in [6, 6.07) is 3.81. The Bertz CT molecular complexity index is 480. The van der Waals surface area contributed by atoms with Crippen LogP contribution in [0.1, 0.15) is 15.8 Å². The van der Waals surface area contributed by atoms with Crippen molar-refractivity contribution in [1.82, 2.24) is 9.78 Å². The molecule has 0 fully saturated rings. The first kappa shape index (κ1) is 11.7. The molecular weight excluding hydrogens is 366 g/mol. The molecule has 0 aliphatic heterocycles. The van der Waals surface area contributed by atoms with Gasteiger partial charge in [0.1, 0.15) is 3.70 Å². The van der Waals surface area contributed by atoms with Gasteiger partial charge in [0, 0.05) is 17.5 Å². The molecule has 0 bridgehead atoms. The molecule has 2 heterocycles. The molecule has 2 nitrogen and oxygen atoms in total. The molecule has 15 heavy (non-hydrogen) atoms. The van der Waals surface area contributed by atoms with Crippen LogP contribution in [0.5, 0.6) is 0 Å². The average Bonchev–Trinajstić information content (AvgIpc) is 2.75. The minimum Gasteiger partial charge on any atom is -0.262 e. The second-order valence-electron chi connectivity index (χ2n) is 3.02. The lowest BCUT2D eigenvalue weighted by molar-refractivity contribution is 0.746. The maximum Gasteiger partial charge on any atom is 0.104 e. The molecule has 1 atom stereocenters. The van der Waals surface area contributed by atoms with Crippen LogP contribution >= 0.6 is 57.1 Å². The van der Waals surface area contributed by atoms with Gasteiger partial charge in [-0.15, -0.1) is 22.9 Å². The Morgan fingerprint density at radius 2 is 2.27 bits per heavy atom. The summed E-state index contributed by atoms with van der Waals surface area (Å²) in [7, 11) is 1.90. The molecule has 1 unspecified atom stereocenters. The van der Waals surface area contributed by atoms with Gasteiger partial charge in [0.2, 0.25) is 0 Å². The smallest absolute Gasteiger partial charge is 0.104 e. The van der Waals surface area contributed by atoms with Crippen molar-refractivity contribution in [2.75, 3.05) is 0 Å². The summed E-state index contributed by atoms with van der Waals surface area (Å²) < 4.78 is 3.62. The Morgan fingerprint density at radius 3 is 2.73 bits per heavy atom. The van der Waals surface area contributed by atoms with Crippen LogP contribution in [-0.4, -0.2) is 9.78 Å². The Labute approximate surface area is 115 Å². The highest BCUT2D eigenvalue weighted by Crippen LogP contribution is 2.36. The fourth-order valence-corrected chi connectivity index (χ4v) is 3.41. The molecule has 0 N–H and O–H groups in total. The minimum absolute atomic E-state index is 0.164. The summed E-state index contributed by atoms with van der Waals surface area (Å²) >= 11 is 16.0. The van der Waals surface area contributed by atoms with Gasteiger partial charge in [-0.2, -0.15) is 5.10 Å². The molecule has 0 aliphatic carbocycles. The largest absolute Gasteiger partial charge is 0.262 e. The molecule has 80 valence electrons. The van der Waals surface area contributed by atoms with Gasteiger partial charge in [0.25, 0.3) is 0 Å². The van der Waals surface area contributed by atoms with E-state index in [4.69, 9.17) is 23.2 Å². The molecule has 2 rings (SSSR count). The van der Waals surface area contributed by atoms with E-state index in [9.17, 15) is 0 Å². The van der Waals surface area contributed by atoms with E-state index in [1.165, 1.54) is 11.3 Å². The van der Waals surface area contributed by atoms with Crippen molar-refractivity contribution in [3.8, 4) is 0 Å². The van der Waals surface area contributed by atoms with E-state index in [1.807, 2.05) is 19.2 Å². The second-order valence-corrected chi connectivity index (χ2v) is 6.22. The molecule has 0 radical (unpaired) electrons. The fourth-order valence-electron chi connectivity index (χ4n) is 1.23. The fraction of sp³-hybridized carbons (Fsp3) is 0.222. The molecule has 0 aromatic carbocycles. The SMILES string of the molecule is Cn1ncc(C(Cl)c2ccc(Cl)s2)c1I. The zero-order chi connectivity index (χ0) is 11.0. The first-order valence-electron chi connectivity index (χ1n) is 4.16. The number of nitrogens with zero attached hydrogens (tertiary/aromatic N) is 2. The van der Waals surface area contributed by atoms with Crippen molar-refractivity contribution >= 4 is 57.1 Å². The van der Waals surface area contributed by atoms with E-state index in [2.05, 4.69) is 27.7 Å². The number of alkyl halides is 1. The van der Waals surface area contributed by atoms with Crippen LogP contribution in [0, 0.1) is 3.70 Å². The molecule has 0 saturated heterocycles. The molecule has 6 heteroatoms. The van der Waals surface area contributed by atoms with Gasteiger partial charge in [0.15, 0.2) is 0 Å². The average molecular weight is 373 g/mol. The van der Waals surface area contributed by atoms with E-state index in [-0.39, 0.29) is 5.38 Å². The van der Waals surface area contributed by atoms with Crippen LogP contribution in [0.2, 0.25) is 4.34 Å². The van der Waals surface area contributed by atoms with Gasteiger partial charge >= 0.3 is 0 Å². The summed E-state index contributed by atoms with van der Waals surface area (Å²) in [6.07, 6.45) is 1.80. The van der Waals surface area contributed by atoms with Crippen LogP contribution in [0.3, 0.4) is 0 Å². The monoisotopic (exact) mass is 372 g/mol. The molecule has 0 saturated carbocycles. The van der Waals surface area contributed by atoms with Gasteiger partial charge < -0.3 is 0 Å². The van der Waals surface area contributed by atoms with E-state index < -0.39 is 0 Å². The summed E-state index contributed by atoms with van der Waals surface area (Å²) in [5.41, 5.74) is 1.03. The minimum atomic E-state index is -0.164. The van der Waals surface area contributed by atoms with Crippen molar-refractivity contribution in [1.29, 1.82) is 0 Å². The summed E-state index contributed by atoms with van der Waals surface area (Å²) in [5.74, 6) is 0. The lowest BCUT2D eigenvalue weighted by Crippen LogP contribution is -1.96. The van der Waals surface area contributed by atoms with Crippen molar-refractivity contribution in [3.63, 3.8) is 0 Å². The predicted octanol–water partition coefficient (Wildman–Crippen LogP) is 4.07. The highest BCUT2D eigenvalue weighted by molar-refractivity contribution is 14.1. The Balaban J connectivity index is 2.36. The van der Waals surface area contributed by atoms with Crippen molar-refractivity contribution in [2.45, 2.75) is 5.38 Å². The predicted molar refractivity (Wildman–Crippen MR) is 73.0 cm³/mol.